The fraction of sp³-hybridized carbons (Fsp3) is 0.259. The van der Waals surface area contributed by atoms with Gasteiger partial charge in [-0.1, -0.05) is 48.5 Å². The number of hydrogen-bond acceptors (Lipinski definition) is 4. The smallest absolute Gasteiger partial charge is 0.410 e. The van der Waals surface area contributed by atoms with E-state index in [1.807, 2.05) is 24.3 Å². The number of nitrogens with zero attached hydrogens (tertiary/aromatic N) is 1. The van der Waals surface area contributed by atoms with E-state index in [-0.39, 0.29) is 18.4 Å². The van der Waals surface area contributed by atoms with Crippen molar-refractivity contribution >= 4 is 17.7 Å². The summed E-state index contributed by atoms with van der Waals surface area (Å²) in [7, 11) is 1.60. The van der Waals surface area contributed by atoms with Crippen molar-refractivity contribution in [1.82, 2.24) is 4.90 Å². The lowest BCUT2D eigenvalue weighted by molar-refractivity contribution is -0.120. The number of benzene rings is 3. The predicted molar refractivity (Wildman–Crippen MR) is 126 cm³/mol. The van der Waals surface area contributed by atoms with E-state index in [0.29, 0.717) is 24.4 Å². The average Bonchev–Trinajstić information content (AvgIpc) is 3.47. The number of fused-ring (bicyclic) bond motifs is 3. The number of likely N-dealkylation sites (tertiary alicyclic amines) is 1. The van der Waals surface area contributed by atoms with Gasteiger partial charge in [0.25, 0.3) is 0 Å². The minimum atomic E-state index is -0.539. The molecule has 5 rings (SSSR count). The molecule has 0 spiro atoms. The molecule has 1 saturated heterocycles. The van der Waals surface area contributed by atoms with Crippen LogP contribution in [0, 0.1) is 0 Å². The first kappa shape index (κ1) is 21.1. The van der Waals surface area contributed by atoms with Gasteiger partial charge in [-0.05, 0) is 59.4 Å². The maximum atomic E-state index is 13.0. The van der Waals surface area contributed by atoms with Crippen molar-refractivity contribution in [1.29, 1.82) is 0 Å². The minimum absolute atomic E-state index is 0.00414. The van der Waals surface area contributed by atoms with Crippen LogP contribution in [0.25, 0.3) is 11.1 Å². The number of amides is 2. The van der Waals surface area contributed by atoms with Crippen LogP contribution in [0.4, 0.5) is 10.5 Å². The summed E-state index contributed by atoms with van der Waals surface area (Å²) in [4.78, 5) is 27.4. The Bertz CT molecular complexity index is 1130. The van der Waals surface area contributed by atoms with E-state index in [0.717, 1.165) is 6.42 Å². The lowest BCUT2D eigenvalue weighted by atomic mass is 9.98. The van der Waals surface area contributed by atoms with Crippen LogP contribution in [0.2, 0.25) is 0 Å². The number of carbonyl (C=O) groups is 2. The number of carbonyl (C=O) groups excluding carboxylic acids is 2. The first-order valence-electron chi connectivity index (χ1n) is 11.2. The molecule has 1 N–H and O–H groups in total. The molecule has 0 saturated carbocycles. The minimum Gasteiger partial charge on any atom is -0.497 e. The maximum absolute atomic E-state index is 13.0. The average molecular weight is 443 g/mol. The third kappa shape index (κ3) is 4.04. The van der Waals surface area contributed by atoms with Crippen molar-refractivity contribution in [3.8, 4) is 16.9 Å². The number of nitrogens with one attached hydrogen (secondary N) is 1. The molecule has 1 aliphatic carbocycles. The second-order valence-electron chi connectivity index (χ2n) is 8.37. The van der Waals surface area contributed by atoms with Gasteiger partial charge in [0.1, 0.15) is 18.4 Å². The predicted octanol–water partition coefficient (Wildman–Crippen LogP) is 5.05. The molecule has 1 heterocycles. The molecule has 3 aromatic rings. The van der Waals surface area contributed by atoms with Crippen LogP contribution in [-0.4, -0.2) is 43.2 Å². The van der Waals surface area contributed by atoms with Gasteiger partial charge in [0.15, 0.2) is 0 Å². The van der Waals surface area contributed by atoms with Gasteiger partial charge in [0.05, 0.1) is 7.11 Å². The monoisotopic (exact) mass is 442 g/mol. The Morgan fingerprint density at radius 3 is 2.21 bits per heavy atom. The molecule has 0 bridgehead atoms. The number of hydrogen-bond donors (Lipinski definition) is 1. The molecular weight excluding hydrogens is 416 g/mol. The second-order valence-corrected chi connectivity index (χ2v) is 8.37. The Kier molecular flexibility index (Phi) is 5.73. The lowest BCUT2D eigenvalue weighted by Gasteiger charge is -2.24. The number of ether oxygens (including phenoxy) is 2. The summed E-state index contributed by atoms with van der Waals surface area (Å²) in [5.74, 6) is 0.510. The van der Waals surface area contributed by atoms with E-state index in [2.05, 4.69) is 29.6 Å². The fourth-order valence-corrected chi connectivity index (χ4v) is 4.83. The van der Waals surface area contributed by atoms with Crippen LogP contribution < -0.4 is 10.1 Å². The quantitative estimate of drug-likeness (QED) is 0.601. The molecule has 6 heteroatoms. The Morgan fingerprint density at radius 1 is 0.939 bits per heavy atom. The van der Waals surface area contributed by atoms with E-state index in [1.165, 1.54) is 22.3 Å². The summed E-state index contributed by atoms with van der Waals surface area (Å²) in [5.41, 5.74) is 5.38. The summed E-state index contributed by atoms with van der Waals surface area (Å²) in [6.45, 7) is 0.757. The van der Waals surface area contributed by atoms with Crippen LogP contribution in [0.5, 0.6) is 5.75 Å². The molecule has 2 aliphatic rings. The van der Waals surface area contributed by atoms with E-state index in [4.69, 9.17) is 9.47 Å². The topological polar surface area (TPSA) is 67.9 Å². The first-order chi connectivity index (χ1) is 16.2. The molecule has 3 aromatic carbocycles. The highest BCUT2D eigenvalue weighted by molar-refractivity contribution is 5.97. The highest BCUT2D eigenvalue weighted by Gasteiger charge is 2.36. The molecule has 1 aliphatic heterocycles. The third-order valence-electron chi connectivity index (χ3n) is 6.48. The Hall–Kier alpha value is -3.80. The highest BCUT2D eigenvalue weighted by Crippen LogP contribution is 2.44. The van der Waals surface area contributed by atoms with Crippen LogP contribution >= 0.6 is 0 Å². The van der Waals surface area contributed by atoms with E-state index in [1.54, 1.807) is 36.3 Å². The van der Waals surface area contributed by atoms with E-state index >= 15 is 0 Å². The highest BCUT2D eigenvalue weighted by atomic mass is 16.6. The van der Waals surface area contributed by atoms with Crippen molar-refractivity contribution in [2.45, 2.75) is 24.8 Å². The zero-order chi connectivity index (χ0) is 22.8. The molecule has 0 aromatic heterocycles. The van der Waals surface area contributed by atoms with Crippen molar-refractivity contribution in [2.75, 3.05) is 25.6 Å². The lowest BCUT2D eigenvalue weighted by Crippen LogP contribution is -2.43. The van der Waals surface area contributed by atoms with Gasteiger partial charge in [-0.2, -0.15) is 0 Å². The summed E-state index contributed by atoms with van der Waals surface area (Å²) in [6.07, 6.45) is 0.945. The molecule has 2 amide bonds. The fourth-order valence-electron chi connectivity index (χ4n) is 4.83. The normalized spacial score (nSPS) is 16.8. The molecule has 168 valence electrons. The van der Waals surface area contributed by atoms with Crippen molar-refractivity contribution in [3.63, 3.8) is 0 Å². The number of methoxy groups -OCH3 is 1. The summed E-state index contributed by atoms with van der Waals surface area (Å²) in [6, 6.07) is 23.1. The van der Waals surface area contributed by atoms with Crippen LogP contribution in [-0.2, 0) is 9.53 Å². The molecule has 1 atom stereocenters. The van der Waals surface area contributed by atoms with Crippen molar-refractivity contribution in [3.05, 3.63) is 83.9 Å². The van der Waals surface area contributed by atoms with Gasteiger partial charge < -0.3 is 14.8 Å². The number of rotatable bonds is 5. The Morgan fingerprint density at radius 2 is 1.58 bits per heavy atom. The zero-order valence-corrected chi connectivity index (χ0v) is 18.5. The largest absolute Gasteiger partial charge is 0.497 e. The Balaban J connectivity index is 1.25. The van der Waals surface area contributed by atoms with E-state index < -0.39 is 12.1 Å². The summed E-state index contributed by atoms with van der Waals surface area (Å²) >= 11 is 0. The zero-order valence-electron chi connectivity index (χ0n) is 18.5. The molecule has 0 radical (unpaired) electrons. The molecule has 6 nitrogen and oxygen atoms in total. The van der Waals surface area contributed by atoms with Gasteiger partial charge in [-0.25, -0.2) is 4.79 Å². The molecule has 1 fully saturated rings. The van der Waals surface area contributed by atoms with Gasteiger partial charge in [-0.15, -0.1) is 0 Å². The van der Waals surface area contributed by atoms with Gasteiger partial charge in [-0.3, -0.25) is 9.69 Å². The SMILES string of the molecule is COc1ccc(NC(=O)[C@@H]2CCCN2C(=O)OCC2c3ccccc3-c3ccccc32)cc1. The molecular formula is C27H26N2O4. The molecule has 33 heavy (non-hydrogen) atoms. The Labute approximate surface area is 193 Å². The summed E-state index contributed by atoms with van der Waals surface area (Å²) < 4.78 is 10.9. The van der Waals surface area contributed by atoms with Crippen LogP contribution in [0.1, 0.15) is 29.9 Å². The molecule has 0 unspecified atom stereocenters. The van der Waals surface area contributed by atoms with Gasteiger partial charge in [0.2, 0.25) is 5.91 Å². The third-order valence-corrected chi connectivity index (χ3v) is 6.48. The summed E-state index contributed by atoms with van der Waals surface area (Å²) in [5, 5.41) is 2.90. The van der Waals surface area contributed by atoms with Crippen LogP contribution in [0.15, 0.2) is 72.8 Å². The van der Waals surface area contributed by atoms with E-state index in [9.17, 15) is 9.59 Å². The van der Waals surface area contributed by atoms with Crippen LogP contribution in [0.3, 0.4) is 0 Å². The van der Waals surface area contributed by atoms with Crippen molar-refractivity contribution < 1.29 is 19.1 Å². The van der Waals surface area contributed by atoms with Gasteiger partial charge >= 0.3 is 6.09 Å². The van der Waals surface area contributed by atoms with Gasteiger partial charge in [0, 0.05) is 18.2 Å². The second kappa shape index (κ2) is 8.98. The maximum Gasteiger partial charge on any atom is 0.410 e. The van der Waals surface area contributed by atoms with Crippen molar-refractivity contribution in [2.24, 2.45) is 0 Å². The standard InChI is InChI=1S/C27H26N2O4/c1-32-19-14-12-18(13-15-19)28-26(30)25-11-6-16-29(25)27(31)33-17-24-22-9-4-2-7-20(22)21-8-3-5-10-23(21)24/h2-5,7-10,12-15,24-25H,6,11,16-17H2,1H3,(H,28,30)/t25-/m0/s1. The first-order valence-corrected chi connectivity index (χ1v) is 11.2. The number of anilines is 1.